The summed E-state index contributed by atoms with van der Waals surface area (Å²) in [5.74, 6) is -0.237. The molecule has 2 aromatic carbocycles. The Bertz CT molecular complexity index is 753. The van der Waals surface area contributed by atoms with E-state index in [0.29, 0.717) is 30.2 Å². The lowest BCUT2D eigenvalue weighted by molar-refractivity contribution is 0.0973. The average Bonchev–Trinajstić information content (AvgIpc) is 2.59. The minimum atomic E-state index is -0.237. The minimum Gasteiger partial charge on any atom is -0.344 e. The molecule has 0 atom stereocenters. The smallest absolute Gasteiger partial charge is 0.257 e. The average molecular weight is 337 g/mol. The van der Waals surface area contributed by atoms with E-state index in [4.69, 9.17) is 17.5 Å². The molecule has 0 fully saturated rings. The molecule has 0 aliphatic heterocycles. The largest absolute Gasteiger partial charge is 0.344 e. The fourth-order valence-electron chi connectivity index (χ4n) is 2.28. The molecule has 122 valence electrons. The van der Waals surface area contributed by atoms with Crippen LogP contribution in [0.2, 0.25) is 0 Å². The highest BCUT2D eigenvalue weighted by Crippen LogP contribution is 2.07. The Balaban J connectivity index is 2.06. The first kappa shape index (κ1) is 17.6. The highest BCUT2D eigenvalue weighted by molar-refractivity contribution is 7.80. The number of amides is 1. The second-order valence-electron chi connectivity index (χ2n) is 5.44. The Morgan fingerprint density at radius 3 is 2.62 bits per heavy atom. The van der Waals surface area contributed by atoms with Gasteiger partial charge in [-0.1, -0.05) is 48.0 Å². The molecule has 0 aliphatic rings. The number of carbonyl (C=O) groups is 1. The SMILES string of the molecule is Cc1cccc(C(=O)NC(=S)N(CCC#N)Cc2ccccc2)c1. The fraction of sp³-hybridized carbons (Fsp3) is 0.211. The number of carbonyl (C=O) groups excluding carboxylic acids is 1. The monoisotopic (exact) mass is 337 g/mol. The summed E-state index contributed by atoms with van der Waals surface area (Å²) < 4.78 is 0. The molecule has 4 nitrogen and oxygen atoms in total. The van der Waals surface area contributed by atoms with Crippen LogP contribution in [-0.2, 0) is 6.54 Å². The fourth-order valence-corrected chi connectivity index (χ4v) is 2.52. The quantitative estimate of drug-likeness (QED) is 0.849. The molecule has 24 heavy (non-hydrogen) atoms. The number of nitriles is 1. The zero-order valence-electron chi connectivity index (χ0n) is 13.5. The molecule has 2 aromatic rings. The third-order valence-electron chi connectivity index (χ3n) is 3.50. The molecule has 1 N–H and O–H groups in total. The van der Waals surface area contributed by atoms with Crippen LogP contribution < -0.4 is 5.32 Å². The van der Waals surface area contributed by atoms with E-state index in [2.05, 4.69) is 11.4 Å². The zero-order chi connectivity index (χ0) is 17.4. The van der Waals surface area contributed by atoms with Crippen LogP contribution in [0.1, 0.15) is 27.9 Å². The normalized spacial score (nSPS) is 9.83. The van der Waals surface area contributed by atoms with Crippen LogP contribution in [0.3, 0.4) is 0 Å². The molecule has 0 spiro atoms. The van der Waals surface area contributed by atoms with Crippen molar-refractivity contribution in [3.8, 4) is 6.07 Å². The van der Waals surface area contributed by atoms with E-state index in [1.54, 1.807) is 6.07 Å². The number of nitrogens with zero attached hydrogens (tertiary/aromatic N) is 2. The lowest BCUT2D eigenvalue weighted by atomic mass is 10.1. The Kier molecular flexibility index (Phi) is 6.47. The third kappa shape index (κ3) is 5.18. The van der Waals surface area contributed by atoms with Crippen LogP contribution in [0.25, 0.3) is 0 Å². The molecule has 0 saturated carbocycles. The van der Waals surface area contributed by atoms with E-state index in [1.807, 2.05) is 60.4 Å². The first-order valence-electron chi connectivity index (χ1n) is 7.68. The van der Waals surface area contributed by atoms with Gasteiger partial charge in [0.15, 0.2) is 5.11 Å². The van der Waals surface area contributed by atoms with Crippen molar-refractivity contribution >= 4 is 23.2 Å². The number of thiocarbonyl (C=S) groups is 1. The first-order valence-corrected chi connectivity index (χ1v) is 8.09. The van der Waals surface area contributed by atoms with Gasteiger partial charge in [0.05, 0.1) is 12.5 Å². The number of hydrogen-bond donors (Lipinski definition) is 1. The summed E-state index contributed by atoms with van der Waals surface area (Å²) in [7, 11) is 0. The van der Waals surface area contributed by atoms with Crippen molar-refractivity contribution in [2.75, 3.05) is 6.54 Å². The molecule has 0 aromatic heterocycles. The summed E-state index contributed by atoms with van der Waals surface area (Å²) >= 11 is 5.38. The Morgan fingerprint density at radius 2 is 1.96 bits per heavy atom. The third-order valence-corrected chi connectivity index (χ3v) is 3.86. The van der Waals surface area contributed by atoms with Gasteiger partial charge in [0.1, 0.15) is 0 Å². The van der Waals surface area contributed by atoms with E-state index < -0.39 is 0 Å². The topological polar surface area (TPSA) is 56.1 Å². The van der Waals surface area contributed by atoms with Crippen LogP contribution in [0.4, 0.5) is 0 Å². The Labute approximate surface area is 147 Å². The van der Waals surface area contributed by atoms with Crippen LogP contribution in [0.15, 0.2) is 54.6 Å². The Morgan fingerprint density at radius 1 is 1.21 bits per heavy atom. The summed E-state index contributed by atoms with van der Waals surface area (Å²) in [6.45, 7) is 2.96. The predicted octanol–water partition coefficient (Wildman–Crippen LogP) is 3.43. The second kappa shape index (κ2) is 8.80. The van der Waals surface area contributed by atoms with E-state index in [9.17, 15) is 4.79 Å². The van der Waals surface area contributed by atoms with Crippen LogP contribution in [0.5, 0.6) is 0 Å². The predicted molar refractivity (Wildman–Crippen MR) is 98.3 cm³/mol. The van der Waals surface area contributed by atoms with Crippen molar-refractivity contribution in [3.63, 3.8) is 0 Å². The molecule has 1 amide bonds. The van der Waals surface area contributed by atoms with Gasteiger partial charge in [-0.25, -0.2) is 0 Å². The van der Waals surface area contributed by atoms with Gasteiger partial charge >= 0.3 is 0 Å². The van der Waals surface area contributed by atoms with Crippen LogP contribution >= 0.6 is 12.2 Å². The Hall–Kier alpha value is -2.71. The summed E-state index contributed by atoms with van der Waals surface area (Å²) in [6, 6.07) is 19.3. The van der Waals surface area contributed by atoms with Gasteiger partial charge in [0.2, 0.25) is 0 Å². The van der Waals surface area contributed by atoms with Crippen LogP contribution in [-0.4, -0.2) is 22.5 Å². The number of hydrogen-bond acceptors (Lipinski definition) is 3. The maximum absolute atomic E-state index is 12.3. The molecule has 5 heteroatoms. The number of nitrogens with one attached hydrogen (secondary N) is 1. The minimum absolute atomic E-state index is 0.237. The number of rotatable bonds is 5. The molecular weight excluding hydrogens is 318 g/mol. The van der Waals surface area contributed by atoms with Crippen molar-refractivity contribution in [2.24, 2.45) is 0 Å². The maximum Gasteiger partial charge on any atom is 0.257 e. The zero-order valence-corrected chi connectivity index (χ0v) is 14.3. The summed E-state index contributed by atoms with van der Waals surface area (Å²) in [6.07, 6.45) is 0.341. The molecular formula is C19H19N3OS. The molecule has 0 heterocycles. The van der Waals surface area contributed by atoms with Gasteiger partial charge in [0.25, 0.3) is 5.91 Å². The number of aryl methyl sites for hydroxylation is 1. The summed E-state index contributed by atoms with van der Waals surface area (Å²) in [5, 5.41) is 11.9. The van der Waals surface area contributed by atoms with Gasteiger partial charge < -0.3 is 4.90 Å². The van der Waals surface area contributed by atoms with Gasteiger partial charge in [-0.15, -0.1) is 0 Å². The maximum atomic E-state index is 12.3. The number of benzene rings is 2. The molecule has 0 bridgehead atoms. The van der Waals surface area contributed by atoms with Crippen molar-refractivity contribution in [1.82, 2.24) is 10.2 Å². The van der Waals surface area contributed by atoms with E-state index >= 15 is 0 Å². The molecule has 0 unspecified atom stereocenters. The summed E-state index contributed by atoms with van der Waals surface area (Å²) in [5.41, 5.74) is 2.65. The van der Waals surface area contributed by atoms with Crippen molar-refractivity contribution < 1.29 is 4.79 Å². The van der Waals surface area contributed by atoms with Gasteiger partial charge in [-0.05, 0) is 36.8 Å². The molecule has 2 rings (SSSR count). The van der Waals surface area contributed by atoms with Gasteiger partial charge in [0, 0.05) is 18.7 Å². The van der Waals surface area contributed by atoms with Crippen molar-refractivity contribution in [3.05, 3.63) is 71.3 Å². The van der Waals surface area contributed by atoms with Gasteiger partial charge in [-0.3, -0.25) is 10.1 Å². The van der Waals surface area contributed by atoms with Crippen molar-refractivity contribution in [2.45, 2.75) is 19.9 Å². The lowest BCUT2D eigenvalue weighted by Gasteiger charge is -2.24. The van der Waals surface area contributed by atoms with Crippen LogP contribution in [0, 0.1) is 18.3 Å². The van der Waals surface area contributed by atoms with E-state index in [1.165, 1.54) is 0 Å². The van der Waals surface area contributed by atoms with Gasteiger partial charge in [-0.2, -0.15) is 5.26 Å². The highest BCUT2D eigenvalue weighted by Gasteiger charge is 2.14. The van der Waals surface area contributed by atoms with E-state index in [0.717, 1.165) is 11.1 Å². The van der Waals surface area contributed by atoms with Crippen molar-refractivity contribution in [1.29, 1.82) is 5.26 Å². The highest BCUT2D eigenvalue weighted by atomic mass is 32.1. The van der Waals surface area contributed by atoms with E-state index in [-0.39, 0.29) is 5.91 Å². The first-order chi connectivity index (χ1) is 11.6. The second-order valence-corrected chi connectivity index (χ2v) is 5.83. The molecule has 0 radical (unpaired) electrons. The molecule has 0 saturated heterocycles. The molecule has 0 aliphatic carbocycles. The standard InChI is InChI=1S/C19H19N3OS/c1-15-7-5-10-17(13-15)18(23)21-19(24)22(12-6-11-20)14-16-8-3-2-4-9-16/h2-5,7-10,13H,6,12,14H2,1H3,(H,21,23,24). The lowest BCUT2D eigenvalue weighted by Crippen LogP contribution is -2.42. The summed E-state index contributed by atoms with van der Waals surface area (Å²) in [4.78, 5) is 14.2.